The van der Waals surface area contributed by atoms with E-state index >= 15 is 0 Å². The molecule has 14 heavy (non-hydrogen) atoms. The van der Waals surface area contributed by atoms with Gasteiger partial charge < -0.3 is 0 Å². The van der Waals surface area contributed by atoms with Crippen molar-refractivity contribution in [2.45, 2.75) is 0 Å². The minimum atomic E-state index is 0.624. The van der Waals surface area contributed by atoms with E-state index in [2.05, 4.69) is 9.83 Å². The Morgan fingerprint density at radius 2 is 1.86 bits per heavy atom. The third-order valence-electron chi connectivity index (χ3n) is 1.94. The summed E-state index contributed by atoms with van der Waals surface area (Å²) < 4.78 is 0. The minimum Gasteiger partial charge on any atom is -0.259 e. The van der Waals surface area contributed by atoms with E-state index in [9.17, 15) is 0 Å². The molecule has 0 aliphatic heterocycles. The molecule has 2 rings (SSSR count). The van der Waals surface area contributed by atoms with Gasteiger partial charge in [0.05, 0.1) is 12.3 Å². The molecule has 0 saturated heterocycles. The Morgan fingerprint density at radius 1 is 1.07 bits per heavy atom. The van der Waals surface area contributed by atoms with Crippen molar-refractivity contribution < 1.29 is 0 Å². The van der Waals surface area contributed by atoms with E-state index in [0.29, 0.717) is 5.69 Å². The fourth-order valence-electron chi connectivity index (χ4n) is 1.26. The number of pyridine rings is 1. The minimum absolute atomic E-state index is 0.624. The Balaban J connectivity index is 2.49. The number of rotatable bonds is 1. The highest BCUT2D eigenvalue weighted by molar-refractivity contribution is 5.63. The van der Waals surface area contributed by atoms with Crippen LogP contribution in [0.5, 0.6) is 0 Å². The van der Waals surface area contributed by atoms with Gasteiger partial charge in [-0.2, -0.15) is 0 Å². The molecule has 0 amide bonds. The van der Waals surface area contributed by atoms with E-state index in [1.54, 1.807) is 18.3 Å². The molecule has 1 aromatic carbocycles. The second-order valence-corrected chi connectivity index (χ2v) is 2.88. The van der Waals surface area contributed by atoms with Crippen LogP contribution in [0.1, 0.15) is 0 Å². The van der Waals surface area contributed by atoms with Crippen LogP contribution in [0.3, 0.4) is 0 Å². The van der Waals surface area contributed by atoms with Gasteiger partial charge in [-0.3, -0.25) is 4.98 Å². The molecule has 0 bridgehead atoms. The van der Waals surface area contributed by atoms with Gasteiger partial charge in [-0.1, -0.05) is 30.3 Å². The standard InChI is InChI=1S/C12H8N2/c1-13-11-7-8-14-12(9-11)10-5-3-2-4-6-10/h2-9H. The van der Waals surface area contributed by atoms with Crippen LogP contribution in [-0.2, 0) is 0 Å². The van der Waals surface area contributed by atoms with E-state index in [0.717, 1.165) is 11.3 Å². The second-order valence-electron chi connectivity index (χ2n) is 2.88. The van der Waals surface area contributed by atoms with Crippen LogP contribution >= 0.6 is 0 Å². The first-order chi connectivity index (χ1) is 6.90. The fourth-order valence-corrected chi connectivity index (χ4v) is 1.26. The highest BCUT2D eigenvalue weighted by Gasteiger charge is 1.98. The van der Waals surface area contributed by atoms with E-state index in [-0.39, 0.29) is 0 Å². The Morgan fingerprint density at radius 3 is 2.57 bits per heavy atom. The van der Waals surface area contributed by atoms with Gasteiger partial charge in [-0.05, 0) is 17.7 Å². The normalized spacial score (nSPS) is 9.36. The molecule has 66 valence electrons. The van der Waals surface area contributed by atoms with Gasteiger partial charge in [-0.25, -0.2) is 4.85 Å². The molecule has 1 heterocycles. The van der Waals surface area contributed by atoms with Crippen molar-refractivity contribution in [3.63, 3.8) is 0 Å². The van der Waals surface area contributed by atoms with Gasteiger partial charge in [-0.15, -0.1) is 0 Å². The van der Waals surface area contributed by atoms with Crippen LogP contribution in [-0.4, -0.2) is 4.98 Å². The molecule has 0 aliphatic carbocycles. The van der Waals surface area contributed by atoms with Crippen LogP contribution in [0, 0.1) is 6.57 Å². The highest BCUT2D eigenvalue weighted by atomic mass is 14.7. The summed E-state index contributed by atoms with van der Waals surface area (Å²) in [4.78, 5) is 7.58. The molecule has 0 spiro atoms. The molecule has 0 N–H and O–H groups in total. The van der Waals surface area contributed by atoms with Crippen molar-refractivity contribution in [1.29, 1.82) is 0 Å². The summed E-state index contributed by atoms with van der Waals surface area (Å²) in [6, 6.07) is 13.3. The fraction of sp³-hybridized carbons (Fsp3) is 0. The molecule has 1 aromatic heterocycles. The summed E-state index contributed by atoms with van der Waals surface area (Å²) in [5, 5.41) is 0. The molecule has 2 heteroatoms. The number of hydrogen-bond acceptors (Lipinski definition) is 1. The number of aromatic nitrogens is 1. The average Bonchev–Trinajstić information content (AvgIpc) is 2.30. The summed E-state index contributed by atoms with van der Waals surface area (Å²) in [6.45, 7) is 6.90. The Bertz CT molecular complexity index is 469. The van der Waals surface area contributed by atoms with Gasteiger partial charge in [0.15, 0.2) is 5.69 Å². The average molecular weight is 180 g/mol. The second kappa shape index (κ2) is 3.71. The van der Waals surface area contributed by atoms with Gasteiger partial charge >= 0.3 is 0 Å². The topological polar surface area (TPSA) is 17.2 Å². The lowest BCUT2D eigenvalue weighted by molar-refractivity contribution is 1.33. The predicted molar refractivity (Wildman–Crippen MR) is 55.9 cm³/mol. The summed E-state index contributed by atoms with van der Waals surface area (Å²) in [7, 11) is 0. The lowest BCUT2D eigenvalue weighted by atomic mass is 10.1. The highest BCUT2D eigenvalue weighted by Crippen LogP contribution is 2.20. The first kappa shape index (κ1) is 8.46. The van der Waals surface area contributed by atoms with Gasteiger partial charge in [0.2, 0.25) is 0 Å². The molecule has 0 aliphatic rings. The predicted octanol–water partition coefficient (Wildman–Crippen LogP) is 3.30. The molecule has 0 saturated carbocycles. The molecule has 0 unspecified atom stereocenters. The maximum absolute atomic E-state index is 6.90. The van der Waals surface area contributed by atoms with Crippen molar-refractivity contribution in [1.82, 2.24) is 4.98 Å². The van der Waals surface area contributed by atoms with Crippen LogP contribution in [0.2, 0.25) is 0 Å². The molecular formula is C12H8N2. The van der Waals surface area contributed by atoms with Gasteiger partial charge in [0.1, 0.15) is 0 Å². The van der Waals surface area contributed by atoms with E-state index in [1.807, 2.05) is 30.3 Å². The lowest BCUT2D eigenvalue weighted by Gasteiger charge is -1.99. The first-order valence-corrected chi connectivity index (χ1v) is 4.29. The number of benzene rings is 1. The van der Waals surface area contributed by atoms with Crippen molar-refractivity contribution in [2.24, 2.45) is 0 Å². The molecule has 0 atom stereocenters. The Labute approximate surface area is 82.7 Å². The largest absolute Gasteiger partial charge is 0.259 e. The van der Waals surface area contributed by atoms with Crippen molar-refractivity contribution in [3.05, 3.63) is 60.1 Å². The molecule has 2 aromatic rings. The van der Waals surface area contributed by atoms with E-state index in [1.165, 1.54) is 0 Å². The van der Waals surface area contributed by atoms with E-state index in [4.69, 9.17) is 6.57 Å². The summed E-state index contributed by atoms with van der Waals surface area (Å²) >= 11 is 0. The molecule has 2 nitrogen and oxygen atoms in total. The number of nitrogens with zero attached hydrogens (tertiary/aromatic N) is 2. The summed E-state index contributed by atoms with van der Waals surface area (Å²) in [5.74, 6) is 0. The van der Waals surface area contributed by atoms with Crippen molar-refractivity contribution >= 4 is 5.69 Å². The Hall–Kier alpha value is -2.14. The molecular weight excluding hydrogens is 172 g/mol. The van der Waals surface area contributed by atoms with Crippen LogP contribution in [0.25, 0.3) is 16.1 Å². The molecule has 0 radical (unpaired) electrons. The number of hydrogen-bond donors (Lipinski definition) is 0. The van der Waals surface area contributed by atoms with Crippen molar-refractivity contribution in [3.8, 4) is 11.3 Å². The van der Waals surface area contributed by atoms with Crippen LogP contribution in [0.15, 0.2) is 48.7 Å². The summed E-state index contributed by atoms with van der Waals surface area (Å²) in [5.41, 5.74) is 2.51. The smallest absolute Gasteiger partial charge is 0.190 e. The third-order valence-corrected chi connectivity index (χ3v) is 1.94. The zero-order valence-electron chi connectivity index (χ0n) is 7.51. The van der Waals surface area contributed by atoms with E-state index < -0.39 is 0 Å². The molecule has 0 fully saturated rings. The monoisotopic (exact) mass is 180 g/mol. The quantitative estimate of drug-likeness (QED) is 0.615. The zero-order valence-corrected chi connectivity index (χ0v) is 7.51. The zero-order chi connectivity index (χ0) is 9.80. The van der Waals surface area contributed by atoms with Gasteiger partial charge in [0.25, 0.3) is 0 Å². The van der Waals surface area contributed by atoms with Gasteiger partial charge in [0, 0.05) is 6.20 Å². The third kappa shape index (κ3) is 1.62. The Kier molecular flexibility index (Phi) is 2.24. The van der Waals surface area contributed by atoms with Crippen LogP contribution < -0.4 is 0 Å². The summed E-state index contributed by atoms with van der Waals surface area (Å²) in [6.07, 6.45) is 1.66. The maximum atomic E-state index is 6.90. The first-order valence-electron chi connectivity index (χ1n) is 4.29. The SMILES string of the molecule is [C-]#[N+]c1ccnc(-c2ccccc2)c1. The lowest BCUT2D eigenvalue weighted by Crippen LogP contribution is -1.80. The van der Waals surface area contributed by atoms with Crippen LogP contribution in [0.4, 0.5) is 5.69 Å². The van der Waals surface area contributed by atoms with Crippen molar-refractivity contribution in [2.75, 3.05) is 0 Å². The maximum Gasteiger partial charge on any atom is 0.190 e.